The molecule has 4 aliphatic rings. The van der Waals surface area contributed by atoms with Crippen LogP contribution in [0.2, 0.25) is 0 Å². The number of hydrogen-bond acceptors (Lipinski definition) is 6. The topological polar surface area (TPSA) is 24.6 Å². The lowest BCUT2D eigenvalue weighted by Gasteiger charge is -2.49. The molecule has 632 valence electrons. The van der Waals surface area contributed by atoms with Gasteiger partial charge in [-0.05, 0) is 267 Å². The van der Waals surface area contributed by atoms with E-state index in [9.17, 15) is 0 Å². The highest BCUT2D eigenvalue weighted by atomic mass is 32.1. The summed E-state index contributed by atoms with van der Waals surface area (Å²) < 4.78 is 16.9. The Morgan fingerprint density at radius 3 is 1.15 bits per heavy atom. The molecule has 4 nitrogen and oxygen atoms in total. The van der Waals surface area contributed by atoms with Crippen LogP contribution in [-0.4, -0.2) is 4.57 Å². The summed E-state index contributed by atoms with van der Waals surface area (Å²) >= 11 is 5.72. The molecule has 0 unspecified atom stereocenters. The van der Waals surface area contributed by atoms with E-state index in [2.05, 4.69) is 457 Å². The number of benzene rings is 17. The fourth-order valence-corrected chi connectivity index (χ4v) is 26.3. The van der Waals surface area contributed by atoms with Crippen molar-refractivity contribution in [3.05, 3.63) is 402 Å². The second kappa shape index (κ2) is 28.8. The van der Waals surface area contributed by atoms with Crippen molar-refractivity contribution in [3.63, 3.8) is 0 Å². The molecule has 0 saturated heterocycles. The minimum absolute atomic E-state index is 0.0130. The van der Waals surface area contributed by atoms with E-state index in [0.29, 0.717) is 0 Å². The fourth-order valence-electron chi connectivity index (χ4n) is 23.0. The summed E-state index contributed by atoms with van der Waals surface area (Å²) in [7, 11) is 0. The zero-order valence-corrected chi connectivity index (χ0v) is 78.5. The molecule has 7 heteroatoms. The maximum absolute atomic E-state index is 6.35. The smallest absolute Gasteiger partial charge is 0.137 e. The Hall–Kier alpha value is -13.4. The van der Waals surface area contributed by atoms with Crippen LogP contribution in [0.25, 0.3) is 154 Å². The molecule has 0 bridgehead atoms. The van der Waals surface area contributed by atoms with Crippen molar-refractivity contribution in [2.75, 3.05) is 9.80 Å². The lowest BCUT2D eigenvalue weighted by atomic mass is 9.55. The summed E-state index contributed by atoms with van der Waals surface area (Å²) in [4.78, 5) is 4.82. The normalized spacial score (nSPS) is 15.7. The Morgan fingerprint density at radius 2 is 0.600 bits per heavy atom. The van der Waals surface area contributed by atoms with E-state index in [-0.39, 0.29) is 37.9 Å². The number of anilines is 6. The summed E-state index contributed by atoms with van der Waals surface area (Å²) in [6.45, 7) is 33.9. The SMILES string of the molecule is CC1(C)c2cc(N(c3ccccc3)c3ccc4c(c3)oc3ccccc34)ccc2-c2c(ccc3sc4ccccc4c23)C1(C)C.CC1(C)c2ccc(-n3c4ccccc4c4ccccc43)cc2-c2cc3sc4ccccc4c3cc2C1(C)C.CC1(C)c2ccccc2-c2ccc(N(c3ccccc3)c3ccc4c(c3)C(C)(C)C(C)(C)c3ccc5sc6ccccc6c5c3-4)cc21. The molecule has 17 aromatic carbocycles. The van der Waals surface area contributed by atoms with Gasteiger partial charge in [0, 0.05) is 133 Å². The van der Waals surface area contributed by atoms with E-state index in [1.165, 1.54) is 194 Å². The molecule has 0 atom stereocenters. The standard InChI is InChI=1S/C45H39NS.C42H33NOS.C36H29NS/c1-43(2)35-18-12-10-16-31(35)32-22-20-29(26-37(32)43)46(28-14-8-7-9-15-28)30-21-23-33-38(27-30)45(5,6)44(3,4)36-24-25-40-42(41(33)36)34-17-11-13-19-39(34)47-40;1-41(2)33-22-23-38-40(32-15-9-11-17-37(32)45-38)39(33)31-21-19-27(24-34(31)42(41,3)4)43(26-12-6-5-7-13-26)28-18-20-30-29-14-8-10-16-35(29)44-36(30)25-28;1-35(2)29-18-17-22(37-31-14-8-5-11-23(31)24-12-6-9-15-32(24)37)19-26(29)27-21-34-28(20-30(27)36(35,3)4)25-13-7-10-16-33(25)38-34/h7-27H,1-6H3;5-25H,1-4H3;5-21H,1-4H3. The van der Waals surface area contributed by atoms with Gasteiger partial charge in [0.2, 0.25) is 0 Å². The van der Waals surface area contributed by atoms with Crippen LogP contribution in [0.3, 0.4) is 0 Å². The summed E-state index contributed by atoms with van der Waals surface area (Å²) in [5, 5.41) is 13.1. The van der Waals surface area contributed by atoms with Crippen molar-refractivity contribution in [2.24, 2.45) is 0 Å². The molecule has 0 spiro atoms. The van der Waals surface area contributed by atoms with Gasteiger partial charge in [-0.1, -0.05) is 303 Å². The molecule has 0 N–H and O–H groups in total. The number of nitrogens with zero attached hydrogens (tertiary/aromatic N) is 3. The fraction of sp³-hybridized carbons (Fsp3) is 0.171. The third kappa shape index (κ3) is 11.6. The van der Waals surface area contributed by atoms with Crippen LogP contribution in [0.1, 0.15) is 141 Å². The monoisotopic (exact) mass is 1730 g/mol. The molecular weight excluding hydrogens is 1630 g/mol. The Labute approximate surface area is 772 Å². The summed E-state index contributed by atoms with van der Waals surface area (Å²) in [5.41, 5.74) is 34.2. The quantitative estimate of drug-likeness (QED) is 0.159. The second-order valence-electron chi connectivity index (χ2n) is 40.2. The molecule has 5 heterocycles. The maximum Gasteiger partial charge on any atom is 0.137 e. The van der Waals surface area contributed by atoms with Gasteiger partial charge < -0.3 is 18.8 Å². The Morgan fingerprint density at radius 1 is 0.215 bits per heavy atom. The predicted octanol–water partition coefficient (Wildman–Crippen LogP) is 36.1. The molecule has 0 radical (unpaired) electrons. The van der Waals surface area contributed by atoms with Crippen molar-refractivity contribution < 1.29 is 4.42 Å². The highest BCUT2D eigenvalue weighted by Crippen LogP contribution is 2.63. The van der Waals surface area contributed by atoms with Crippen LogP contribution in [-0.2, 0) is 37.9 Å². The number of furan rings is 1. The van der Waals surface area contributed by atoms with E-state index in [1.807, 2.05) is 46.1 Å². The molecule has 0 saturated carbocycles. The molecule has 0 aliphatic heterocycles. The molecule has 22 aromatic rings. The largest absolute Gasteiger partial charge is 0.456 e. The van der Waals surface area contributed by atoms with Gasteiger partial charge in [0.05, 0.1) is 11.0 Å². The highest BCUT2D eigenvalue weighted by molar-refractivity contribution is 7.26. The second-order valence-corrected chi connectivity index (χ2v) is 43.5. The van der Waals surface area contributed by atoms with Crippen molar-refractivity contribution in [2.45, 2.75) is 135 Å². The van der Waals surface area contributed by atoms with Crippen molar-refractivity contribution in [3.8, 4) is 50.2 Å². The van der Waals surface area contributed by atoms with Crippen LogP contribution in [0, 0.1) is 0 Å². The number of rotatable bonds is 7. The van der Waals surface area contributed by atoms with Gasteiger partial charge in [-0.15, -0.1) is 34.0 Å². The zero-order valence-electron chi connectivity index (χ0n) is 76.0. The van der Waals surface area contributed by atoms with Crippen molar-refractivity contribution >= 4 is 172 Å². The molecule has 130 heavy (non-hydrogen) atoms. The molecule has 4 aliphatic carbocycles. The molecule has 26 rings (SSSR count). The van der Waals surface area contributed by atoms with Crippen LogP contribution in [0.5, 0.6) is 0 Å². The molecule has 0 fully saturated rings. The Balaban J connectivity index is 0.000000109. The summed E-state index contributed by atoms with van der Waals surface area (Å²) in [5.74, 6) is 0. The van der Waals surface area contributed by atoms with Gasteiger partial charge in [0.1, 0.15) is 11.2 Å². The van der Waals surface area contributed by atoms with E-state index in [1.54, 1.807) is 0 Å². The van der Waals surface area contributed by atoms with E-state index in [4.69, 9.17) is 4.42 Å². The van der Waals surface area contributed by atoms with Gasteiger partial charge in [0.15, 0.2) is 0 Å². The zero-order chi connectivity index (χ0) is 88.6. The molecule has 5 aromatic heterocycles. The van der Waals surface area contributed by atoms with Crippen LogP contribution < -0.4 is 9.80 Å². The van der Waals surface area contributed by atoms with Crippen molar-refractivity contribution in [1.29, 1.82) is 0 Å². The van der Waals surface area contributed by atoms with Crippen LogP contribution in [0.15, 0.2) is 362 Å². The first-order valence-corrected chi connectivity index (χ1v) is 48.4. The Bertz CT molecular complexity index is 8430. The van der Waals surface area contributed by atoms with Gasteiger partial charge in [-0.3, -0.25) is 0 Å². The van der Waals surface area contributed by atoms with E-state index >= 15 is 0 Å². The third-order valence-electron chi connectivity index (χ3n) is 32.0. The van der Waals surface area contributed by atoms with Crippen molar-refractivity contribution in [1.82, 2.24) is 4.57 Å². The van der Waals surface area contributed by atoms with E-state index in [0.717, 1.165) is 39.0 Å². The number of aromatic nitrogens is 1. The lowest BCUT2D eigenvalue weighted by molar-refractivity contribution is 0.299. The highest BCUT2D eigenvalue weighted by Gasteiger charge is 2.50. The van der Waals surface area contributed by atoms with Crippen LogP contribution in [0.4, 0.5) is 34.1 Å². The van der Waals surface area contributed by atoms with Gasteiger partial charge in [0.25, 0.3) is 0 Å². The van der Waals surface area contributed by atoms with Crippen LogP contribution >= 0.6 is 34.0 Å². The molecular formula is C123H101N3OS3. The lowest BCUT2D eigenvalue weighted by Crippen LogP contribution is -2.43. The van der Waals surface area contributed by atoms with Gasteiger partial charge in [-0.25, -0.2) is 0 Å². The number of fused-ring (bicyclic) bond motifs is 29. The number of para-hydroxylation sites is 5. The first-order valence-electron chi connectivity index (χ1n) is 45.9. The molecule has 0 amide bonds. The minimum atomic E-state index is -0.115. The van der Waals surface area contributed by atoms with E-state index < -0.39 is 0 Å². The first kappa shape index (κ1) is 80.0. The average molecular weight is 1730 g/mol. The number of hydrogen-bond donors (Lipinski definition) is 0. The maximum atomic E-state index is 6.35. The predicted molar refractivity (Wildman–Crippen MR) is 561 cm³/mol. The average Bonchev–Trinajstić information content (AvgIpc) is 1.25. The Kier molecular flexibility index (Phi) is 17.7. The minimum Gasteiger partial charge on any atom is -0.456 e. The summed E-state index contributed by atoms with van der Waals surface area (Å²) in [6, 6.07) is 133. The number of thiophene rings is 3. The first-order chi connectivity index (χ1) is 62.8. The van der Waals surface area contributed by atoms with Gasteiger partial charge >= 0.3 is 0 Å². The van der Waals surface area contributed by atoms with Gasteiger partial charge in [-0.2, -0.15) is 0 Å². The third-order valence-corrected chi connectivity index (χ3v) is 35.4. The summed E-state index contributed by atoms with van der Waals surface area (Å²) in [6.07, 6.45) is 0.